The van der Waals surface area contributed by atoms with Crippen LogP contribution in [0.4, 0.5) is 10.5 Å². The molecule has 0 unspecified atom stereocenters. The molecule has 0 fully saturated rings. The molecule has 0 spiro atoms. The van der Waals surface area contributed by atoms with Gasteiger partial charge in [-0.15, -0.1) is 11.8 Å². The van der Waals surface area contributed by atoms with Gasteiger partial charge in [-0.3, -0.25) is 14.5 Å². The number of hydrogen-bond acceptors (Lipinski definition) is 4. The Balaban J connectivity index is 1.45. The van der Waals surface area contributed by atoms with E-state index in [9.17, 15) is 14.4 Å². The fourth-order valence-electron chi connectivity index (χ4n) is 2.76. The first-order valence-corrected chi connectivity index (χ1v) is 9.47. The van der Waals surface area contributed by atoms with Crippen molar-refractivity contribution in [3.63, 3.8) is 0 Å². The monoisotopic (exact) mass is 369 g/mol. The van der Waals surface area contributed by atoms with Crippen LogP contribution in [0.25, 0.3) is 0 Å². The zero-order valence-electron chi connectivity index (χ0n) is 14.3. The Kier molecular flexibility index (Phi) is 5.58. The lowest BCUT2D eigenvalue weighted by atomic mass is 10.1. The predicted octanol–water partition coefficient (Wildman–Crippen LogP) is 3.22. The van der Waals surface area contributed by atoms with Crippen molar-refractivity contribution >= 4 is 35.3 Å². The van der Waals surface area contributed by atoms with Crippen LogP contribution < -0.4 is 10.6 Å². The zero-order chi connectivity index (χ0) is 18.5. The van der Waals surface area contributed by atoms with Crippen LogP contribution in [0.15, 0.2) is 53.4 Å². The molecule has 2 aromatic rings. The number of anilines is 1. The Hall–Kier alpha value is -2.80. The molecule has 3 rings (SSSR count). The molecule has 0 aliphatic carbocycles. The van der Waals surface area contributed by atoms with Crippen LogP contribution in [-0.4, -0.2) is 42.1 Å². The highest BCUT2D eigenvalue weighted by Crippen LogP contribution is 2.22. The number of carbonyl (C=O) groups is 3. The fourth-order valence-corrected chi connectivity index (χ4v) is 3.22. The molecule has 0 radical (unpaired) electrons. The summed E-state index contributed by atoms with van der Waals surface area (Å²) < 4.78 is 0. The second kappa shape index (κ2) is 8.05. The molecule has 1 aliphatic rings. The van der Waals surface area contributed by atoms with Crippen molar-refractivity contribution in [3.05, 3.63) is 59.7 Å². The second-order valence-corrected chi connectivity index (χ2v) is 6.65. The van der Waals surface area contributed by atoms with Crippen molar-refractivity contribution in [2.45, 2.75) is 11.3 Å². The molecule has 0 bridgehead atoms. The number of nitrogens with one attached hydrogen (secondary N) is 2. The number of nitrogens with zero attached hydrogens (tertiary/aromatic N) is 1. The largest absolute Gasteiger partial charge is 0.338 e. The number of urea groups is 1. The quantitative estimate of drug-likeness (QED) is 0.466. The Labute approximate surface area is 156 Å². The number of fused-ring (bicyclic) bond motifs is 1. The molecular weight excluding hydrogens is 350 g/mol. The minimum absolute atomic E-state index is 0.272. The van der Waals surface area contributed by atoms with Gasteiger partial charge in [-0.25, -0.2) is 4.79 Å². The van der Waals surface area contributed by atoms with Gasteiger partial charge in [0.1, 0.15) is 0 Å². The van der Waals surface area contributed by atoms with Gasteiger partial charge in [0.25, 0.3) is 11.8 Å². The number of rotatable bonds is 6. The lowest BCUT2D eigenvalue weighted by Crippen LogP contribution is -2.35. The third kappa shape index (κ3) is 3.88. The molecule has 0 aromatic heterocycles. The highest BCUT2D eigenvalue weighted by Gasteiger charge is 2.34. The maximum absolute atomic E-state index is 12.2. The minimum Gasteiger partial charge on any atom is -0.338 e. The normalized spacial score (nSPS) is 12.9. The summed E-state index contributed by atoms with van der Waals surface area (Å²) in [5.74, 6) is -0.548. The van der Waals surface area contributed by atoms with Crippen LogP contribution in [-0.2, 0) is 0 Å². The van der Waals surface area contributed by atoms with E-state index in [1.54, 1.807) is 36.0 Å². The van der Waals surface area contributed by atoms with Crippen molar-refractivity contribution in [2.24, 2.45) is 0 Å². The SMILES string of the molecule is CSc1cccc(NC(=O)NCCCN2C(=O)c3ccccc3C2=O)c1. The zero-order valence-corrected chi connectivity index (χ0v) is 15.1. The highest BCUT2D eigenvalue weighted by atomic mass is 32.2. The first-order valence-electron chi connectivity index (χ1n) is 8.24. The standard InChI is InChI=1S/C19H19N3O3S/c1-26-14-7-4-6-13(12-14)21-19(25)20-10-5-11-22-17(23)15-8-2-3-9-16(15)18(22)24/h2-4,6-9,12H,5,10-11H2,1H3,(H2,20,21,25). The molecule has 6 nitrogen and oxygen atoms in total. The van der Waals surface area contributed by atoms with Crippen LogP contribution in [0.1, 0.15) is 27.1 Å². The summed E-state index contributed by atoms with van der Waals surface area (Å²) in [5.41, 5.74) is 1.60. The summed E-state index contributed by atoms with van der Waals surface area (Å²) in [7, 11) is 0. The van der Waals surface area contributed by atoms with E-state index in [4.69, 9.17) is 0 Å². The van der Waals surface area contributed by atoms with Gasteiger partial charge in [0.05, 0.1) is 11.1 Å². The van der Waals surface area contributed by atoms with Crippen LogP contribution in [0.3, 0.4) is 0 Å². The fraction of sp³-hybridized carbons (Fsp3) is 0.211. The second-order valence-electron chi connectivity index (χ2n) is 5.77. The van der Waals surface area contributed by atoms with E-state index < -0.39 is 0 Å². The highest BCUT2D eigenvalue weighted by molar-refractivity contribution is 7.98. The van der Waals surface area contributed by atoms with Crippen molar-refractivity contribution in [1.82, 2.24) is 10.2 Å². The molecule has 26 heavy (non-hydrogen) atoms. The molecule has 7 heteroatoms. The molecular formula is C19H19N3O3S. The summed E-state index contributed by atoms with van der Waals surface area (Å²) >= 11 is 1.60. The lowest BCUT2D eigenvalue weighted by Gasteiger charge is -2.14. The van der Waals surface area contributed by atoms with Gasteiger partial charge in [0.15, 0.2) is 0 Å². The third-order valence-corrected chi connectivity index (χ3v) is 4.78. The predicted molar refractivity (Wildman–Crippen MR) is 102 cm³/mol. The molecule has 1 heterocycles. The van der Waals surface area contributed by atoms with Gasteiger partial charge in [-0.05, 0) is 43.0 Å². The molecule has 0 saturated heterocycles. The van der Waals surface area contributed by atoms with Crippen molar-refractivity contribution < 1.29 is 14.4 Å². The van der Waals surface area contributed by atoms with E-state index >= 15 is 0 Å². The van der Waals surface area contributed by atoms with E-state index in [0.717, 1.165) is 10.6 Å². The van der Waals surface area contributed by atoms with Crippen molar-refractivity contribution in [1.29, 1.82) is 0 Å². The Morgan fingerprint density at radius 3 is 2.38 bits per heavy atom. The van der Waals surface area contributed by atoms with Gasteiger partial charge in [0, 0.05) is 23.7 Å². The number of carbonyl (C=O) groups excluding carboxylic acids is 3. The van der Waals surface area contributed by atoms with E-state index in [1.807, 2.05) is 30.5 Å². The third-order valence-electron chi connectivity index (χ3n) is 4.05. The summed E-state index contributed by atoms with van der Waals surface area (Å²) in [6.07, 6.45) is 2.46. The molecule has 4 amide bonds. The average molecular weight is 369 g/mol. The molecule has 2 aromatic carbocycles. The number of benzene rings is 2. The Morgan fingerprint density at radius 1 is 1.04 bits per heavy atom. The lowest BCUT2D eigenvalue weighted by molar-refractivity contribution is 0.0653. The summed E-state index contributed by atoms with van der Waals surface area (Å²) in [6, 6.07) is 14.0. The van der Waals surface area contributed by atoms with Crippen LogP contribution >= 0.6 is 11.8 Å². The van der Waals surface area contributed by atoms with Crippen molar-refractivity contribution in [2.75, 3.05) is 24.7 Å². The topological polar surface area (TPSA) is 78.5 Å². The van der Waals surface area contributed by atoms with Crippen molar-refractivity contribution in [3.8, 4) is 0 Å². The molecule has 0 atom stereocenters. The molecule has 134 valence electrons. The maximum atomic E-state index is 12.2. The van der Waals surface area contributed by atoms with Gasteiger partial charge < -0.3 is 10.6 Å². The molecule has 2 N–H and O–H groups in total. The van der Waals surface area contributed by atoms with E-state index in [0.29, 0.717) is 24.1 Å². The van der Waals surface area contributed by atoms with Gasteiger partial charge >= 0.3 is 6.03 Å². The minimum atomic E-state index is -0.314. The molecule has 1 aliphatic heterocycles. The Bertz CT molecular complexity index is 818. The van der Waals surface area contributed by atoms with E-state index in [-0.39, 0.29) is 24.4 Å². The summed E-state index contributed by atoms with van der Waals surface area (Å²) in [5, 5.41) is 5.50. The smallest absolute Gasteiger partial charge is 0.319 e. The first-order chi connectivity index (χ1) is 12.6. The summed E-state index contributed by atoms with van der Waals surface area (Å²) in [4.78, 5) is 38.7. The van der Waals surface area contributed by atoms with Gasteiger partial charge in [-0.2, -0.15) is 0 Å². The van der Waals surface area contributed by atoms with Crippen LogP contribution in [0.2, 0.25) is 0 Å². The van der Waals surface area contributed by atoms with Gasteiger partial charge in [-0.1, -0.05) is 18.2 Å². The summed E-state index contributed by atoms with van der Waals surface area (Å²) in [6.45, 7) is 0.635. The molecule has 0 saturated carbocycles. The van der Waals surface area contributed by atoms with E-state index in [1.165, 1.54) is 4.90 Å². The number of hydrogen-bond donors (Lipinski definition) is 2. The van der Waals surface area contributed by atoms with Crippen LogP contribution in [0.5, 0.6) is 0 Å². The number of amides is 4. The maximum Gasteiger partial charge on any atom is 0.319 e. The Morgan fingerprint density at radius 2 is 1.73 bits per heavy atom. The number of thioether (sulfide) groups is 1. The average Bonchev–Trinajstić information content (AvgIpc) is 2.90. The van der Waals surface area contributed by atoms with E-state index in [2.05, 4.69) is 10.6 Å². The first kappa shape index (κ1) is 18.0. The number of imide groups is 1. The van der Waals surface area contributed by atoms with Gasteiger partial charge in [0.2, 0.25) is 0 Å². The van der Waals surface area contributed by atoms with Crippen LogP contribution in [0, 0.1) is 0 Å².